The first kappa shape index (κ1) is 31.6. The summed E-state index contributed by atoms with van der Waals surface area (Å²) >= 11 is 13.7. The second-order valence-electron chi connectivity index (χ2n) is 9.79. The van der Waals surface area contributed by atoms with Crippen molar-refractivity contribution < 1.29 is 14.4 Å². The molecule has 0 bridgehead atoms. The summed E-state index contributed by atoms with van der Waals surface area (Å²) in [4.78, 5) is 40.8. The molecule has 224 valence electrons. The molecule has 0 aliphatic carbocycles. The van der Waals surface area contributed by atoms with Crippen LogP contribution in [-0.4, -0.2) is 17.7 Å². The van der Waals surface area contributed by atoms with Gasteiger partial charge in [0.05, 0.1) is 0 Å². The first-order valence-electron chi connectivity index (χ1n) is 13.9. The lowest BCUT2D eigenvalue weighted by atomic mass is 10.1. The largest absolute Gasteiger partial charge is 0.325 e. The van der Waals surface area contributed by atoms with E-state index in [9.17, 15) is 14.4 Å². The average molecular weight is 653 g/mol. The Kier molecular flexibility index (Phi) is 10.7. The van der Waals surface area contributed by atoms with Gasteiger partial charge in [0.1, 0.15) is 10.9 Å². The maximum atomic E-state index is 13.6. The van der Waals surface area contributed by atoms with Crippen LogP contribution in [0.4, 0.5) is 11.4 Å². The number of anilines is 2. The fraction of sp³-hybridized carbons (Fsp3) is 0.0278. The number of hydrogen-bond acceptors (Lipinski definition) is 4. The summed E-state index contributed by atoms with van der Waals surface area (Å²) in [6, 6.07) is 39.2. The first-order chi connectivity index (χ1) is 21.9. The number of carbonyl (C=O) groups excluding carboxylic acids is 3. The van der Waals surface area contributed by atoms with Crippen molar-refractivity contribution in [2.45, 2.75) is 10.1 Å². The molecule has 0 spiro atoms. The second-order valence-corrected chi connectivity index (χ2v) is 11.8. The highest BCUT2D eigenvalue weighted by Crippen LogP contribution is 2.37. The third-order valence-electron chi connectivity index (χ3n) is 6.53. The van der Waals surface area contributed by atoms with E-state index in [1.54, 1.807) is 97.1 Å². The molecule has 0 aromatic heterocycles. The highest BCUT2D eigenvalue weighted by atomic mass is 35.5. The Hall–Kier alpha value is -4.82. The first-order valence-corrected chi connectivity index (χ1v) is 15.5. The molecule has 1 atom stereocenters. The predicted octanol–water partition coefficient (Wildman–Crippen LogP) is 8.88. The summed E-state index contributed by atoms with van der Waals surface area (Å²) in [7, 11) is 0. The van der Waals surface area contributed by atoms with Crippen molar-refractivity contribution in [1.82, 2.24) is 5.32 Å². The molecule has 0 saturated carbocycles. The molecule has 9 heteroatoms. The standard InChI is InChI=1S/C36H27Cl2N3O3S/c37-27-18-20-28(21-19-27)39-36(44)33(24-10-3-1-4-11-24)45-30-16-9-15-29(23-30)40-35(43)32(22-26-14-7-8-17-31(26)38)41-34(42)25-12-5-2-6-13-25/h1-23,33H,(H,39,44)(H,40,43)(H,41,42)/b32-22+. The zero-order valence-corrected chi connectivity index (χ0v) is 26.1. The monoisotopic (exact) mass is 651 g/mol. The molecular formula is C36H27Cl2N3O3S. The molecule has 0 radical (unpaired) electrons. The second kappa shape index (κ2) is 15.3. The van der Waals surface area contributed by atoms with Crippen LogP contribution in [0.25, 0.3) is 6.08 Å². The van der Waals surface area contributed by atoms with Crippen molar-refractivity contribution in [2.75, 3.05) is 10.6 Å². The number of rotatable bonds is 10. The van der Waals surface area contributed by atoms with Gasteiger partial charge in [-0.3, -0.25) is 14.4 Å². The predicted molar refractivity (Wildman–Crippen MR) is 184 cm³/mol. The van der Waals surface area contributed by atoms with Crippen LogP contribution in [0, 0.1) is 0 Å². The summed E-state index contributed by atoms with van der Waals surface area (Å²) in [5.41, 5.74) is 2.91. The smallest absolute Gasteiger partial charge is 0.272 e. The van der Waals surface area contributed by atoms with Crippen molar-refractivity contribution in [3.05, 3.63) is 166 Å². The molecule has 3 N–H and O–H groups in total. The molecule has 5 aromatic carbocycles. The van der Waals surface area contributed by atoms with Crippen LogP contribution in [0.2, 0.25) is 10.0 Å². The lowest BCUT2D eigenvalue weighted by Crippen LogP contribution is -2.30. The molecule has 0 aliphatic heterocycles. The lowest BCUT2D eigenvalue weighted by Gasteiger charge is -2.18. The van der Waals surface area contributed by atoms with Gasteiger partial charge in [-0.1, -0.05) is 96.0 Å². The quantitative estimate of drug-likeness (QED) is 0.104. The number of halogens is 2. The minimum absolute atomic E-state index is 0.0134. The normalized spacial score (nSPS) is 11.7. The number of nitrogens with one attached hydrogen (secondary N) is 3. The molecule has 6 nitrogen and oxygen atoms in total. The van der Waals surface area contributed by atoms with Crippen LogP contribution in [0.1, 0.15) is 26.7 Å². The zero-order chi connectivity index (χ0) is 31.6. The van der Waals surface area contributed by atoms with Crippen LogP contribution >= 0.6 is 35.0 Å². The van der Waals surface area contributed by atoms with Gasteiger partial charge in [-0.2, -0.15) is 0 Å². The van der Waals surface area contributed by atoms with Gasteiger partial charge in [-0.25, -0.2) is 0 Å². The Labute approximate surface area is 275 Å². The summed E-state index contributed by atoms with van der Waals surface area (Å²) in [5.74, 6) is -1.19. The minimum Gasteiger partial charge on any atom is -0.325 e. The summed E-state index contributed by atoms with van der Waals surface area (Å²) in [6.45, 7) is 0. The van der Waals surface area contributed by atoms with Crippen molar-refractivity contribution >= 4 is 70.1 Å². The fourth-order valence-corrected chi connectivity index (χ4v) is 5.71. The van der Waals surface area contributed by atoms with Gasteiger partial charge in [0.2, 0.25) is 5.91 Å². The maximum absolute atomic E-state index is 13.6. The van der Waals surface area contributed by atoms with Gasteiger partial charge in [0.15, 0.2) is 0 Å². The molecule has 5 rings (SSSR count). The van der Waals surface area contributed by atoms with E-state index in [2.05, 4.69) is 16.0 Å². The zero-order valence-electron chi connectivity index (χ0n) is 23.7. The molecule has 0 saturated heterocycles. The number of hydrogen-bond donors (Lipinski definition) is 3. The van der Waals surface area contributed by atoms with Crippen LogP contribution in [0.5, 0.6) is 0 Å². The summed E-state index contributed by atoms with van der Waals surface area (Å²) < 4.78 is 0. The molecule has 1 unspecified atom stereocenters. The Morgan fingerprint density at radius 1 is 0.667 bits per heavy atom. The van der Waals surface area contributed by atoms with Gasteiger partial charge in [0, 0.05) is 31.9 Å². The molecule has 0 aliphatic rings. The van der Waals surface area contributed by atoms with E-state index >= 15 is 0 Å². The van der Waals surface area contributed by atoms with Gasteiger partial charge in [-0.05, 0) is 77.9 Å². The molecule has 0 fully saturated rings. The molecule has 0 heterocycles. The van der Waals surface area contributed by atoms with E-state index in [-0.39, 0.29) is 11.6 Å². The van der Waals surface area contributed by atoms with Crippen molar-refractivity contribution in [2.24, 2.45) is 0 Å². The van der Waals surface area contributed by atoms with E-state index in [4.69, 9.17) is 23.2 Å². The van der Waals surface area contributed by atoms with Gasteiger partial charge in [0.25, 0.3) is 11.8 Å². The lowest BCUT2D eigenvalue weighted by molar-refractivity contribution is -0.116. The molecule has 5 aromatic rings. The van der Waals surface area contributed by atoms with E-state index in [0.717, 1.165) is 10.5 Å². The Bertz CT molecular complexity index is 1830. The molecule has 3 amide bonds. The Morgan fingerprint density at radius 2 is 1.33 bits per heavy atom. The topological polar surface area (TPSA) is 87.3 Å². The highest BCUT2D eigenvalue weighted by molar-refractivity contribution is 8.00. The van der Waals surface area contributed by atoms with Crippen molar-refractivity contribution in [3.8, 4) is 0 Å². The van der Waals surface area contributed by atoms with E-state index in [1.807, 2.05) is 36.4 Å². The third kappa shape index (κ3) is 8.86. The molecular weight excluding hydrogens is 625 g/mol. The summed E-state index contributed by atoms with van der Waals surface area (Å²) in [6.07, 6.45) is 1.53. The van der Waals surface area contributed by atoms with E-state index in [0.29, 0.717) is 32.5 Å². The van der Waals surface area contributed by atoms with Crippen LogP contribution in [0.3, 0.4) is 0 Å². The minimum atomic E-state index is -0.589. The number of amides is 3. The fourth-order valence-electron chi connectivity index (χ4n) is 4.31. The van der Waals surface area contributed by atoms with Crippen LogP contribution in [-0.2, 0) is 9.59 Å². The Morgan fingerprint density at radius 3 is 2.04 bits per heavy atom. The van der Waals surface area contributed by atoms with Gasteiger partial charge in [-0.15, -0.1) is 11.8 Å². The third-order valence-corrected chi connectivity index (χ3v) is 8.38. The van der Waals surface area contributed by atoms with Gasteiger partial charge >= 0.3 is 0 Å². The molecule has 45 heavy (non-hydrogen) atoms. The average Bonchev–Trinajstić information content (AvgIpc) is 3.06. The van der Waals surface area contributed by atoms with Crippen molar-refractivity contribution in [3.63, 3.8) is 0 Å². The number of thioether (sulfide) groups is 1. The van der Waals surface area contributed by atoms with Crippen LogP contribution < -0.4 is 16.0 Å². The number of benzene rings is 5. The number of carbonyl (C=O) groups is 3. The summed E-state index contributed by atoms with van der Waals surface area (Å²) in [5, 5.41) is 8.98. The Balaban J connectivity index is 1.38. The maximum Gasteiger partial charge on any atom is 0.272 e. The van der Waals surface area contributed by atoms with E-state index < -0.39 is 17.1 Å². The van der Waals surface area contributed by atoms with Gasteiger partial charge < -0.3 is 16.0 Å². The van der Waals surface area contributed by atoms with Crippen molar-refractivity contribution in [1.29, 1.82) is 0 Å². The van der Waals surface area contributed by atoms with Crippen LogP contribution in [0.15, 0.2) is 144 Å². The highest BCUT2D eigenvalue weighted by Gasteiger charge is 2.23. The SMILES string of the molecule is O=C(Nc1cccc(SC(C(=O)Nc2ccc(Cl)cc2)c2ccccc2)c1)/C(=C\c1ccccc1Cl)NC(=O)c1ccccc1. The van der Waals surface area contributed by atoms with E-state index in [1.165, 1.54) is 17.8 Å².